The van der Waals surface area contributed by atoms with Crippen molar-refractivity contribution in [2.24, 2.45) is 0 Å². The van der Waals surface area contributed by atoms with Crippen LogP contribution in [0.5, 0.6) is 5.75 Å². The number of aliphatic hydroxyl groups excluding tert-OH is 1. The van der Waals surface area contributed by atoms with Crippen LogP contribution < -0.4 is 5.32 Å². The molecule has 0 aromatic heterocycles. The second-order valence-corrected chi connectivity index (χ2v) is 6.03. The molecule has 1 aliphatic rings. The fourth-order valence-electron chi connectivity index (χ4n) is 3.06. The molecule has 1 unspecified atom stereocenters. The molecule has 2 aromatic rings. The highest BCUT2D eigenvalue weighted by Crippen LogP contribution is 2.36. The van der Waals surface area contributed by atoms with Gasteiger partial charge in [-0.3, -0.25) is 0 Å². The van der Waals surface area contributed by atoms with Crippen LogP contribution in [0.3, 0.4) is 0 Å². The van der Waals surface area contributed by atoms with E-state index < -0.39 is 17.7 Å². The highest BCUT2D eigenvalue weighted by Gasteiger charge is 2.39. The summed E-state index contributed by atoms with van der Waals surface area (Å²) in [5, 5.41) is 22.9. The lowest BCUT2D eigenvalue weighted by atomic mass is 9.84. The number of carbonyl (C=O) groups is 1. The van der Waals surface area contributed by atoms with Crippen LogP contribution in [0.1, 0.15) is 30.1 Å². The number of benzene rings is 2. The van der Waals surface area contributed by atoms with Crippen molar-refractivity contribution in [3.8, 4) is 5.75 Å². The van der Waals surface area contributed by atoms with Gasteiger partial charge in [0.05, 0.1) is 0 Å². The molecule has 1 fully saturated rings. The first-order valence-corrected chi connectivity index (χ1v) is 8.07. The van der Waals surface area contributed by atoms with Gasteiger partial charge in [0, 0.05) is 12.8 Å². The molecule has 2 aromatic carbocycles. The lowest BCUT2D eigenvalue weighted by Crippen LogP contribution is -2.43. The summed E-state index contributed by atoms with van der Waals surface area (Å²) in [4.78, 5) is 12.5. The summed E-state index contributed by atoms with van der Waals surface area (Å²) in [6.07, 6.45) is -0.0584. The SMILES string of the molecule is O=C(OC1(c2ccccc2)CCNCC1)C(O)c1ccc(O)cc1. The predicted molar refractivity (Wildman–Crippen MR) is 89.4 cm³/mol. The van der Waals surface area contributed by atoms with Crippen LogP contribution >= 0.6 is 0 Å². The summed E-state index contributed by atoms with van der Waals surface area (Å²) in [6, 6.07) is 15.6. The standard InChI is InChI=1S/C19H21NO4/c21-16-8-6-14(7-9-16)17(22)18(23)24-19(10-12-20-13-11-19)15-4-2-1-3-5-15/h1-9,17,20-22H,10-13H2. The highest BCUT2D eigenvalue weighted by atomic mass is 16.6. The number of piperidine rings is 1. The van der Waals surface area contributed by atoms with E-state index in [1.54, 1.807) is 0 Å². The van der Waals surface area contributed by atoms with Gasteiger partial charge in [-0.2, -0.15) is 0 Å². The van der Waals surface area contributed by atoms with Gasteiger partial charge < -0.3 is 20.3 Å². The van der Waals surface area contributed by atoms with Crippen molar-refractivity contribution >= 4 is 5.97 Å². The van der Waals surface area contributed by atoms with Crippen LogP contribution in [0.2, 0.25) is 0 Å². The molecule has 0 bridgehead atoms. The quantitative estimate of drug-likeness (QED) is 0.751. The molecule has 0 amide bonds. The second-order valence-electron chi connectivity index (χ2n) is 6.03. The van der Waals surface area contributed by atoms with Crippen LogP contribution in [-0.4, -0.2) is 29.3 Å². The van der Waals surface area contributed by atoms with Crippen molar-refractivity contribution < 1.29 is 19.7 Å². The normalized spacial score (nSPS) is 17.9. The zero-order valence-corrected chi connectivity index (χ0v) is 13.3. The zero-order valence-electron chi connectivity index (χ0n) is 13.3. The molecule has 1 saturated heterocycles. The minimum absolute atomic E-state index is 0.0819. The van der Waals surface area contributed by atoms with Crippen molar-refractivity contribution in [2.75, 3.05) is 13.1 Å². The Labute approximate surface area is 140 Å². The maximum atomic E-state index is 12.5. The summed E-state index contributed by atoms with van der Waals surface area (Å²) in [5.41, 5.74) is 0.620. The van der Waals surface area contributed by atoms with E-state index in [1.165, 1.54) is 24.3 Å². The van der Waals surface area contributed by atoms with Gasteiger partial charge in [-0.25, -0.2) is 4.79 Å². The number of phenolic OH excluding ortho intramolecular Hbond substituents is 1. The second kappa shape index (κ2) is 7.03. The number of esters is 1. The smallest absolute Gasteiger partial charge is 0.340 e. The van der Waals surface area contributed by atoms with E-state index in [9.17, 15) is 15.0 Å². The molecule has 1 heterocycles. The average Bonchev–Trinajstić information content (AvgIpc) is 2.63. The number of aromatic hydroxyl groups is 1. The average molecular weight is 327 g/mol. The Hall–Kier alpha value is -2.37. The first-order valence-electron chi connectivity index (χ1n) is 8.07. The van der Waals surface area contributed by atoms with Crippen LogP contribution in [0, 0.1) is 0 Å². The number of ether oxygens (including phenoxy) is 1. The molecule has 0 saturated carbocycles. The Morgan fingerprint density at radius 3 is 2.29 bits per heavy atom. The van der Waals surface area contributed by atoms with Crippen LogP contribution in [0.25, 0.3) is 0 Å². The van der Waals surface area contributed by atoms with Gasteiger partial charge in [-0.15, -0.1) is 0 Å². The van der Waals surface area contributed by atoms with E-state index in [4.69, 9.17) is 4.74 Å². The van der Waals surface area contributed by atoms with E-state index in [0.717, 1.165) is 18.7 Å². The lowest BCUT2D eigenvalue weighted by molar-refractivity contribution is -0.175. The fourth-order valence-corrected chi connectivity index (χ4v) is 3.06. The maximum absolute atomic E-state index is 12.5. The van der Waals surface area contributed by atoms with E-state index in [1.807, 2.05) is 30.3 Å². The van der Waals surface area contributed by atoms with Gasteiger partial charge in [-0.1, -0.05) is 42.5 Å². The number of rotatable bonds is 4. The monoisotopic (exact) mass is 327 g/mol. The van der Waals surface area contributed by atoms with E-state index in [0.29, 0.717) is 18.4 Å². The molecule has 5 heteroatoms. The molecular formula is C19H21NO4. The van der Waals surface area contributed by atoms with E-state index in [2.05, 4.69) is 5.32 Å². The van der Waals surface area contributed by atoms with Gasteiger partial charge in [0.1, 0.15) is 11.4 Å². The Bertz CT molecular complexity index is 678. The number of nitrogens with one attached hydrogen (secondary N) is 1. The first-order chi connectivity index (χ1) is 11.6. The Balaban J connectivity index is 1.82. The molecule has 1 atom stereocenters. The van der Waals surface area contributed by atoms with Crippen LogP contribution in [0.15, 0.2) is 54.6 Å². The third-order valence-corrected chi connectivity index (χ3v) is 4.44. The molecule has 3 N–H and O–H groups in total. The zero-order chi connectivity index (χ0) is 17.0. The number of phenols is 1. The molecular weight excluding hydrogens is 306 g/mol. The maximum Gasteiger partial charge on any atom is 0.340 e. The highest BCUT2D eigenvalue weighted by molar-refractivity contribution is 5.77. The fraction of sp³-hybridized carbons (Fsp3) is 0.316. The summed E-state index contributed by atoms with van der Waals surface area (Å²) >= 11 is 0. The molecule has 24 heavy (non-hydrogen) atoms. The van der Waals surface area contributed by atoms with Crippen molar-refractivity contribution in [2.45, 2.75) is 24.5 Å². The summed E-state index contributed by atoms with van der Waals surface area (Å²) in [6.45, 7) is 1.49. The van der Waals surface area contributed by atoms with E-state index in [-0.39, 0.29) is 5.75 Å². The summed E-state index contributed by atoms with van der Waals surface area (Å²) < 4.78 is 5.82. The number of hydrogen-bond donors (Lipinski definition) is 3. The Morgan fingerprint density at radius 1 is 1.04 bits per heavy atom. The summed E-state index contributed by atoms with van der Waals surface area (Å²) in [5.74, 6) is -0.593. The molecule has 1 aliphatic heterocycles. The minimum atomic E-state index is -1.37. The van der Waals surface area contributed by atoms with Gasteiger partial charge in [0.15, 0.2) is 6.10 Å². The number of carbonyl (C=O) groups excluding carboxylic acids is 1. The van der Waals surface area contributed by atoms with Gasteiger partial charge in [-0.05, 0) is 36.3 Å². The topological polar surface area (TPSA) is 78.8 Å². The van der Waals surface area contributed by atoms with Crippen molar-refractivity contribution in [3.05, 3.63) is 65.7 Å². The molecule has 0 aliphatic carbocycles. The van der Waals surface area contributed by atoms with Gasteiger partial charge in [0.2, 0.25) is 0 Å². The third-order valence-electron chi connectivity index (χ3n) is 4.44. The molecule has 5 nitrogen and oxygen atoms in total. The third kappa shape index (κ3) is 3.42. The molecule has 0 radical (unpaired) electrons. The Morgan fingerprint density at radius 2 is 1.67 bits per heavy atom. The van der Waals surface area contributed by atoms with Crippen LogP contribution in [0.4, 0.5) is 0 Å². The predicted octanol–water partition coefficient (Wildman–Crippen LogP) is 2.25. The molecule has 126 valence electrons. The first kappa shape index (κ1) is 16.5. The molecule has 3 rings (SSSR count). The van der Waals surface area contributed by atoms with Crippen molar-refractivity contribution in [1.82, 2.24) is 5.32 Å². The molecule has 0 spiro atoms. The number of aliphatic hydroxyl groups is 1. The van der Waals surface area contributed by atoms with Gasteiger partial charge in [0.25, 0.3) is 0 Å². The van der Waals surface area contributed by atoms with E-state index >= 15 is 0 Å². The minimum Gasteiger partial charge on any atom is -0.508 e. The largest absolute Gasteiger partial charge is 0.508 e. The Kier molecular flexibility index (Phi) is 4.83. The van der Waals surface area contributed by atoms with Crippen molar-refractivity contribution in [3.63, 3.8) is 0 Å². The number of hydrogen-bond acceptors (Lipinski definition) is 5. The lowest BCUT2D eigenvalue weighted by Gasteiger charge is -2.38. The van der Waals surface area contributed by atoms with Crippen LogP contribution in [-0.2, 0) is 15.1 Å². The van der Waals surface area contributed by atoms with Crippen molar-refractivity contribution in [1.29, 1.82) is 0 Å². The summed E-state index contributed by atoms with van der Waals surface area (Å²) in [7, 11) is 0. The van der Waals surface area contributed by atoms with Gasteiger partial charge >= 0.3 is 5.97 Å².